The Morgan fingerprint density at radius 2 is 1.30 bits per heavy atom. The molecule has 0 fully saturated rings. The average molecular weight is 196 g/mol. The van der Waals surface area contributed by atoms with Crippen molar-refractivity contribution in [2.75, 3.05) is 0 Å². The van der Waals surface area contributed by atoms with Crippen LogP contribution >= 0.6 is 34.4 Å². The van der Waals surface area contributed by atoms with E-state index in [2.05, 4.69) is 4.98 Å². The Kier molecular flexibility index (Phi) is 7.26. The minimum atomic E-state index is -0.750. The zero-order valence-corrected chi connectivity index (χ0v) is 7.31. The third kappa shape index (κ3) is 11.0. The normalized spacial score (nSPS) is 7.50. The van der Waals surface area contributed by atoms with Gasteiger partial charge in [-0.15, -0.1) is 0 Å². The maximum absolute atomic E-state index is 4.81. The van der Waals surface area contributed by atoms with Crippen LogP contribution in [0.4, 0.5) is 0 Å². The molecule has 1 aromatic heterocycles. The van der Waals surface area contributed by atoms with Gasteiger partial charge in [0.15, 0.2) is 0 Å². The summed E-state index contributed by atoms with van der Waals surface area (Å²) in [7, 11) is 0. The Balaban J connectivity index is 0.000000180. The lowest BCUT2D eigenvalue weighted by atomic mass is 10.5. The van der Waals surface area contributed by atoms with E-state index >= 15 is 0 Å². The SMILES string of the molecule is ClB(Cl)Cl.c1ccncc1. The van der Waals surface area contributed by atoms with E-state index in [9.17, 15) is 0 Å². The van der Waals surface area contributed by atoms with Crippen molar-refractivity contribution in [3.8, 4) is 0 Å². The molecule has 0 spiro atoms. The Morgan fingerprint density at radius 3 is 1.40 bits per heavy atom. The van der Waals surface area contributed by atoms with Crippen molar-refractivity contribution in [1.82, 2.24) is 4.98 Å². The van der Waals surface area contributed by atoms with Gasteiger partial charge in [-0.2, -0.15) is 34.4 Å². The minimum Gasteiger partial charge on any atom is -0.265 e. The van der Waals surface area contributed by atoms with Crippen LogP contribution < -0.4 is 0 Å². The number of pyridine rings is 1. The van der Waals surface area contributed by atoms with Gasteiger partial charge in [0.05, 0.1) is 0 Å². The van der Waals surface area contributed by atoms with Crippen molar-refractivity contribution in [3.63, 3.8) is 0 Å². The first-order valence-electron chi connectivity index (χ1n) is 2.50. The molecule has 10 heavy (non-hydrogen) atoms. The Hall–Kier alpha value is 0.0849. The topological polar surface area (TPSA) is 12.9 Å². The molecule has 0 bridgehead atoms. The molecule has 0 aromatic carbocycles. The van der Waals surface area contributed by atoms with Crippen LogP contribution in [0.5, 0.6) is 0 Å². The highest BCUT2D eigenvalue weighted by Gasteiger charge is 1.91. The molecule has 1 heterocycles. The van der Waals surface area contributed by atoms with E-state index in [0.29, 0.717) is 0 Å². The van der Waals surface area contributed by atoms with Crippen LogP contribution in [-0.4, -0.2) is 9.94 Å². The van der Waals surface area contributed by atoms with E-state index in [-0.39, 0.29) is 0 Å². The molecule has 5 heteroatoms. The quantitative estimate of drug-likeness (QED) is 0.581. The molecule has 1 nitrogen and oxygen atoms in total. The summed E-state index contributed by atoms with van der Waals surface area (Å²) in [5.74, 6) is 0. The molecule has 0 N–H and O–H groups in total. The molecule has 0 aliphatic carbocycles. The fourth-order valence-corrected chi connectivity index (χ4v) is 0.313. The molecule has 0 saturated heterocycles. The van der Waals surface area contributed by atoms with Gasteiger partial charge >= 0.3 is 4.96 Å². The van der Waals surface area contributed by atoms with Crippen LogP contribution in [0.15, 0.2) is 30.6 Å². The van der Waals surface area contributed by atoms with Gasteiger partial charge in [-0.05, 0) is 12.1 Å². The standard InChI is InChI=1S/C5H5N.BCl3/c1-2-4-6-5-3-1;2-1(3)4/h1-5H;. The molecule has 1 aromatic rings. The third-order valence-electron chi connectivity index (χ3n) is 0.566. The van der Waals surface area contributed by atoms with E-state index in [0.717, 1.165) is 0 Å². The van der Waals surface area contributed by atoms with Crippen molar-refractivity contribution < 1.29 is 0 Å². The molecule has 0 aliphatic heterocycles. The van der Waals surface area contributed by atoms with Gasteiger partial charge in [-0.3, -0.25) is 4.98 Å². The largest absolute Gasteiger partial charge is 0.450 e. The smallest absolute Gasteiger partial charge is 0.265 e. The van der Waals surface area contributed by atoms with Crippen LogP contribution in [0.3, 0.4) is 0 Å². The van der Waals surface area contributed by atoms with Gasteiger partial charge in [-0.25, -0.2) is 0 Å². The van der Waals surface area contributed by atoms with E-state index in [4.69, 9.17) is 34.4 Å². The molecule has 0 radical (unpaired) electrons. The minimum absolute atomic E-state index is 0.750. The van der Waals surface area contributed by atoms with Gasteiger partial charge in [0.2, 0.25) is 0 Å². The molecule has 0 unspecified atom stereocenters. The van der Waals surface area contributed by atoms with E-state index in [1.165, 1.54) is 0 Å². The lowest BCUT2D eigenvalue weighted by Gasteiger charge is -1.70. The van der Waals surface area contributed by atoms with Crippen LogP contribution in [0.1, 0.15) is 0 Å². The van der Waals surface area contributed by atoms with Crippen molar-refractivity contribution in [1.29, 1.82) is 0 Å². The predicted molar refractivity (Wildman–Crippen MR) is 47.6 cm³/mol. The van der Waals surface area contributed by atoms with E-state index in [1.54, 1.807) is 12.4 Å². The van der Waals surface area contributed by atoms with Gasteiger partial charge < -0.3 is 0 Å². The maximum Gasteiger partial charge on any atom is 0.450 e. The number of nitrogens with zero attached hydrogens (tertiary/aromatic N) is 1. The fourth-order valence-electron chi connectivity index (χ4n) is 0.313. The van der Waals surface area contributed by atoms with Crippen molar-refractivity contribution >= 4 is 39.3 Å². The monoisotopic (exact) mass is 195 g/mol. The Bertz CT molecular complexity index is 117. The van der Waals surface area contributed by atoms with Crippen molar-refractivity contribution in [2.24, 2.45) is 0 Å². The highest BCUT2D eigenvalue weighted by molar-refractivity contribution is 7.54. The molecule has 1 rings (SSSR count). The number of hydrogen-bond acceptors (Lipinski definition) is 1. The maximum atomic E-state index is 4.81. The molecular formula is C5H5BCl3N. The zero-order valence-electron chi connectivity index (χ0n) is 5.05. The highest BCUT2D eigenvalue weighted by Crippen LogP contribution is 1.97. The average Bonchev–Trinajstić information content (AvgIpc) is 1.90. The summed E-state index contributed by atoms with van der Waals surface area (Å²) in [6.07, 6.45) is 3.50. The third-order valence-corrected chi connectivity index (χ3v) is 0.566. The molecular weight excluding hydrogens is 191 g/mol. The summed E-state index contributed by atoms with van der Waals surface area (Å²) in [5, 5.41) is 0. The summed E-state index contributed by atoms with van der Waals surface area (Å²) < 4.78 is 0. The van der Waals surface area contributed by atoms with Gasteiger partial charge in [0.1, 0.15) is 0 Å². The first kappa shape index (κ1) is 10.1. The number of hydrogen-bond donors (Lipinski definition) is 0. The second kappa shape index (κ2) is 7.20. The van der Waals surface area contributed by atoms with E-state index in [1.807, 2.05) is 18.2 Å². The van der Waals surface area contributed by atoms with Crippen LogP contribution in [-0.2, 0) is 0 Å². The first-order chi connectivity index (χ1) is 4.73. The number of aromatic nitrogens is 1. The number of halogens is 3. The van der Waals surface area contributed by atoms with Crippen LogP contribution in [0.25, 0.3) is 0 Å². The Labute approximate surface area is 75.1 Å². The zero-order chi connectivity index (χ0) is 7.82. The van der Waals surface area contributed by atoms with Crippen molar-refractivity contribution in [2.45, 2.75) is 0 Å². The lowest BCUT2D eigenvalue weighted by Crippen LogP contribution is -1.66. The first-order valence-corrected chi connectivity index (χ1v) is 3.81. The van der Waals surface area contributed by atoms with Gasteiger partial charge in [0.25, 0.3) is 0 Å². The molecule has 0 atom stereocenters. The molecule has 0 saturated carbocycles. The van der Waals surface area contributed by atoms with Crippen LogP contribution in [0, 0.1) is 0 Å². The second-order valence-corrected chi connectivity index (χ2v) is 3.25. The van der Waals surface area contributed by atoms with Crippen LogP contribution in [0.2, 0.25) is 0 Å². The summed E-state index contributed by atoms with van der Waals surface area (Å²) in [5.41, 5.74) is 0. The van der Waals surface area contributed by atoms with Gasteiger partial charge in [0, 0.05) is 12.4 Å². The summed E-state index contributed by atoms with van der Waals surface area (Å²) in [4.78, 5) is 3.03. The van der Waals surface area contributed by atoms with Crippen molar-refractivity contribution in [3.05, 3.63) is 30.6 Å². The Morgan fingerprint density at radius 1 is 0.900 bits per heavy atom. The summed E-state index contributed by atoms with van der Waals surface area (Å²) >= 11 is 14.4. The molecule has 0 amide bonds. The second-order valence-electron chi connectivity index (χ2n) is 1.27. The predicted octanol–water partition coefficient (Wildman–Crippen LogP) is 2.77. The van der Waals surface area contributed by atoms with E-state index < -0.39 is 4.96 Å². The number of rotatable bonds is 0. The highest BCUT2D eigenvalue weighted by atomic mass is 35.6. The lowest BCUT2D eigenvalue weighted by molar-refractivity contribution is 1.33. The van der Waals surface area contributed by atoms with Gasteiger partial charge in [-0.1, -0.05) is 6.07 Å². The summed E-state index contributed by atoms with van der Waals surface area (Å²) in [6.45, 7) is 0. The molecule has 0 aliphatic rings. The molecule has 54 valence electrons. The fraction of sp³-hybridized carbons (Fsp3) is 0. The summed E-state index contributed by atoms with van der Waals surface area (Å²) in [6, 6.07) is 5.72.